The monoisotopic (exact) mass is 588 g/mol. The molecule has 0 aliphatic carbocycles. The molecule has 0 heterocycles. The lowest BCUT2D eigenvalue weighted by Gasteiger charge is -2.39. The zero-order valence-electron chi connectivity index (χ0n) is 19.2. The van der Waals surface area contributed by atoms with E-state index in [1.165, 1.54) is 0 Å². The highest BCUT2D eigenvalue weighted by Gasteiger charge is 2.40. The summed E-state index contributed by atoms with van der Waals surface area (Å²) in [6.07, 6.45) is 1.46. The maximum absolute atomic E-state index is 13.1. The Morgan fingerprint density at radius 2 is 1.12 bits per heavy atom. The lowest BCUT2D eigenvalue weighted by atomic mass is 9.82. The van der Waals surface area contributed by atoms with Crippen LogP contribution in [0.4, 0.5) is 0 Å². The Bertz CT molecular complexity index is 845. The minimum absolute atomic E-state index is 0.479. The summed E-state index contributed by atoms with van der Waals surface area (Å²) in [7, 11) is -2.88. The molecular weight excluding hydrogens is 555 g/mol. The summed E-state index contributed by atoms with van der Waals surface area (Å²) in [6.45, 7) is 7.97. The van der Waals surface area contributed by atoms with Gasteiger partial charge in [0.05, 0.1) is 23.3 Å². The molecule has 0 spiro atoms. The van der Waals surface area contributed by atoms with Crippen molar-refractivity contribution in [2.45, 2.75) is 76.7 Å². The van der Waals surface area contributed by atoms with Crippen LogP contribution in [0.3, 0.4) is 0 Å². The molecule has 178 valence electrons. The summed E-state index contributed by atoms with van der Waals surface area (Å²) >= 11 is 7.20. The molecule has 2 rings (SSSR count). The third-order valence-corrected chi connectivity index (χ3v) is 8.63. The Morgan fingerprint density at radius 3 is 1.41 bits per heavy atom. The summed E-state index contributed by atoms with van der Waals surface area (Å²) in [5.41, 5.74) is 13.9. The summed E-state index contributed by atoms with van der Waals surface area (Å²) < 4.78 is 27.0. The third kappa shape index (κ3) is 5.93. The predicted molar refractivity (Wildman–Crippen MR) is 140 cm³/mol. The standard InChI is InChI=1S/C24H35Br2N2O3P/c1-5-21(23(27,7-3)17-13-9-11-15-19(17)25)30-32(29)31-22(6-2)24(28,8-4)18-14-10-12-16-20(18)26/h9-16,21-22,32H,5-8,27-28H2,1-4H3. The van der Waals surface area contributed by atoms with Crippen molar-refractivity contribution >= 4 is 40.1 Å². The maximum atomic E-state index is 13.1. The molecule has 2 aromatic carbocycles. The van der Waals surface area contributed by atoms with Crippen molar-refractivity contribution < 1.29 is 13.6 Å². The van der Waals surface area contributed by atoms with Crippen molar-refractivity contribution in [1.82, 2.24) is 0 Å². The van der Waals surface area contributed by atoms with Crippen molar-refractivity contribution in [1.29, 1.82) is 0 Å². The molecule has 0 amide bonds. The first-order chi connectivity index (χ1) is 15.2. The zero-order chi connectivity index (χ0) is 23.9. The molecule has 5 nitrogen and oxygen atoms in total. The van der Waals surface area contributed by atoms with Gasteiger partial charge < -0.3 is 20.5 Å². The normalized spacial score (nSPS) is 18.4. The van der Waals surface area contributed by atoms with Crippen LogP contribution in [0.5, 0.6) is 0 Å². The van der Waals surface area contributed by atoms with Crippen LogP contribution < -0.4 is 11.5 Å². The minimum atomic E-state index is -2.88. The second-order valence-corrected chi connectivity index (χ2v) is 10.7. The Morgan fingerprint density at radius 1 is 0.781 bits per heavy atom. The topological polar surface area (TPSA) is 87.6 Å². The highest BCUT2D eigenvalue weighted by atomic mass is 79.9. The van der Waals surface area contributed by atoms with Gasteiger partial charge in [-0.3, -0.25) is 4.57 Å². The van der Waals surface area contributed by atoms with Crippen molar-refractivity contribution in [3.8, 4) is 0 Å². The van der Waals surface area contributed by atoms with Gasteiger partial charge in [0.2, 0.25) is 0 Å². The lowest BCUT2D eigenvalue weighted by molar-refractivity contribution is 0.0463. The molecule has 0 aromatic heterocycles. The molecule has 0 bridgehead atoms. The first-order valence-corrected chi connectivity index (χ1v) is 13.9. The van der Waals surface area contributed by atoms with Gasteiger partial charge in [-0.05, 0) is 48.9 Å². The first-order valence-electron chi connectivity index (χ1n) is 11.1. The molecule has 0 fully saturated rings. The Labute approximate surface area is 209 Å². The van der Waals surface area contributed by atoms with Crippen LogP contribution in [0.15, 0.2) is 57.5 Å². The average Bonchev–Trinajstić information content (AvgIpc) is 2.80. The molecule has 0 aliphatic heterocycles. The fourth-order valence-electron chi connectivity index (χ4n) is 4.23. The number of benzene rings is 2. The quantitative estimate of drug-likeness (QED) is 0.260. The van der Waals surface area contributed by atoms with E-state index in [0.717, 1.165) is 20.1 Å². The number of hydrogen-bond acceptors (Lipinski definition) is 5. The number of halogens is 2. The van der Waals surface area contributed by atoms with Gasteiger partial charge >= 0.3 is 8.25 Å². The zero-order valence-corrected chi connectivity index (χ0v) is 23.4. The number of hydrogen-bond donors (Lipinski definition) is 2. The fraction of sp³-hybridized carbons (Fsp3) is 0.500. The molecule has 0 saturated heterocycles. The predicted octanol–water partition coefficient (Wildman–Crippen LogP) is 7.02. The fourth-order valence-corrected chi connectivity index (χ4v) is 6.81. The Balaban J connectivity index is 2.27. The van der Waals surface area contributed by atoms with Gasteiger partial charge in [-0.15, -0.1) is 0 Å². The average molecular weight is 590 g/mol. The van der Waals surface area contributed by atoms with E-state index in [1.54, 1.807) is 0 Å². The first kappa shape index (κ1) is 27.7. The molecule has 32 heavy (non-hydrogen) atoms. The second-order valence-electron chi connectivity index (χ2n) is 8.03. The minimum Gasteiger partial charge on any atom is -0.319 e. The SMILES string of the molecule is CCC(O[PH](=O)OC(CC)C(N)(CC)c1ccccc1Br)C(N)(CC)c1ccccc1Br. The smallest absolute Gasteiger partial charge is 0.319 e. The highest BCUT2D eigenvalue weighted by molar-refractivity contribution is 9.10. The van der Waals surface area contributed by atoms with Gasteiger partial charge in [-0.25, -0.2) is 0 Å². The largest absolute Gasteiger partial charge is 0.319 e. The van der Waals surface area contributed by atoms with E-state index in [2.05, 4.69) is 31.9 Å². The van der Waals surface area contributed by atoms with Crippen molar-refractivity contribution in [3.05, 3.63) is 68.6 Å². The second kappa shape index (κ2) is 12.3. The van der Waals surface area contributed by atoms with Gasteiger partial charge in [-0.2, -0.15) is 0 Å². The molecule has 4 atom stereocenters. The molecule has 4 N–H and O–H groups in total. The van der Waals surface area contributed by atoms with Crippen LogP contribution >= 0.6 is 40.1 Å². The summed E-state index contributed by atoms with van der Waals surface area (Å²) in [5, 5.41) is 0. The van der Waals surface area contributed by atoms with Gasteiger partial charge in [0.15, 0.2) is 0 Å². The van der Waals surface area contributed by atoms with Crippen LogP contribution in [0.2, 0.25) is 0 Å². The van der Waals surface area contributed by atoms with Crippen molar-refractivity contribution in [2.24, 2.45) is 11.5 Å². The van der Waals surface area contributed by atoms with E-state index in [-0.39, 0.29) is 0 Å². The van der Waals surface area contributed by atoms with E-state index in [4.69, 9.17) is 20.5 Å². The Kier molecular flexibility index (Phi) is 10.6. The highest BCUT2D eigenvalue weighted by Crippen LogP contribution is 2.43. The van der Waals surface area contributed by atoms with Gasteiger partial charge in [0.1, 0.15) is 0 Å². The molecule has 4 unspecified atom stereocenters. The molecule has 0 aliphatic rings. The van der Waals surface area contributed by atoms with E-state index in [9.17, 15) is 4.57 Å². The van der Waals surface area contributed by atoms with Gasteiger partial charge in [0, 0.05) is 8.95 Å². The van der Waals surface area contributed by atoms with E-state index in [1.807, 2.05) is 76.2 Å². The summed E-state index contributed by atoms with van der Waals surface area (Å²) in [5.74, 6) is 0. The Hall–Kier alpha value is -0.530. The van der Waals surface area contributed by atoms with Crippen LogP contribution in [0.25, 0.3) is 0 Å². The van der Waals surface area contributed by atoms with Crippen LogP contribution in [-0.4, -0.2) is 12.2 Å². The molecule has 2 aromatic rings. The molecular formula is C24H35Br2N2O3P. The van der Waals surface area contributed by atoms with Crippen molar-refractivity contribution in [3.63, 3.8) is 0 Å². The summed E-state index contributed by atoms with van der Waals surface area (Å²) in [6, 6.07) is 15.6. The molecule has 0 radical (unpaired) electrons. The number of rotatable bonds is 12. The maximum Gasteiger partial charge on any atom is 0.319 e. The lowest BCUT2D eigenvalue weighted by Crippen LogP contribution is -2.49. The van der Waals surface area contributed by atoms with Crippen LogP contribution in [0, 0.1) is 0 Å². The third-order valence-electron chi connectivity index (χ3n) is 6.29. The van der Waals surface area contributed by atoms with Crippen molar-refractivity contribution in [2.75, 3.05) is 0 Å². The molecule has 0 saturated carbocycles. The van der Waals surface area contributed by atoms with Gasteiger partial charge in [-0.1, -0.05) is 96.0 Å². The van der Waals surface area contributed by atoms with E-state index < -0.39 is 31.5 Å². The van der Waals surface area contributed by atoms with E-state index >= 15 is 0 Å². The van der Waals surface area contributed by atoms with E-state index in [0.29, 0.717) is 25.7 Å². The van der Waals surface area contributed by atoms with Crippen LogP contribution in [0.1, 0.15) is 64.5 Å². The van der Waals surface area contributed by atoms with Crippen LogP contribution in [-0.2, 0) is 24.7 Å². The summed E-state index contributed by atoms with van der Waals surface area (Å²) in [4.78, 5) is 0. The number of nitrogens with two attached hydrogens (primary N) is 2. The van der Waals surface area contributed by atoms with Gasteiger partial charge in [0.25, 0.3) is 0 Å². The molecule has 8 heteroatoms.